The molecule has 0 aliphatic rings. The van der Waals surface area contributed by atoms with Gasteiger partial charge in [-0.3, -0.25) is 4.57 Å². The molecule has 10 aromatic carbocycles. The van der Waals surface area contributed by atoms with E-state index in [0.717, 1.165) is 87.5 Å². The molecule has 0 unspecified atom stereocenters. The lowest BCUT2D eigenvalue weighted by Gasteiger charge is -2.14. The number of para-hydroxylation sites is 2. The van der Waals surface area contributed by atoms with Gasteiger partial charge in [0.25, 0.3) is 0 Å². The number of furan rings is 1. The van der Waals surface area contributed by atoms with Gasteiger partial charge in [0.2, 0.25) is 5.95 Å². The summed E-state index contributed by atoms with van der Waals surface area (Å²) in [5, 5.41) is 14.0. The number of fused-ring (bicyclic) bond motifs is 14. The van der Waals surface area contributed by atoms with E-state index in [1.54, 1.807) is 0 Å². The molecule has 6 heteroatoms. The second-order valence-corrected chi connectivity index (χ2v) is 17.4. The van der Waals surface area contributed by atoms with E-state index in [-0.39, 0.29) is 0 Å². The quantitative estimate of drug-likeness (QED) is 0.177. The third-order valence-electron chi connectivity index (χ3n) is 12.8. The van der Waals surface area contributed by atoms with Gasteiger partial charge in [-0.25, -0.2) is 4.98 Å². The van der Waals surface area contributed by atoms with Crippen molar-refractivity contribution in [2.75, 3.05) is 0 Å². The van der Waals surface area contributed by atoms with Crippen LogP contribution in [0.2, 0.25) is 0 Å². The average Bonchev–Trinajstić information content (AvgIpc) is 4.03. The number of hydrogen-bond acceptors (Lipinski definition) is 5. The Morgan fingerprint density at radius 3 is 1.84 bits per heavy atom. The van der Waals surface area contributed by atoms with Crippen LogP contribution in [0, 0.1) is 0 Å². The molecule has 4 heterocycles. The molecule has 0 N–H and O–H groups in total. The van der Waals surface area contributed by atoms with E-state index in [1.165, 1.54) is 30.9 Å². The summed E-state index contributed by atoms with van der Waals surface area (Å²) in [5.41, 5.74) is 7.73. The number of thiophene rings is 1. The Balaban J connectivity index is 1.09. The molecule has 4 aromatic heterocycles. The Morgan fingerprint density at radius 2 is 0.968 bits per heavy atom. The van der Waals surface area contributed by atoms with E-state index in [2.05, 4.69) is 180 Å². The van der Waals surface area contributed by atoms with Gasteiger partial charge in [-0.15, -0.1) is 11.3 Å². The van der Waals surface area contributed by atoms with Gasteiger partial charge in [0.05, 0.1) is 11.0 Å². The maximum Gasteiger partial charge on any atom is 0.238 e. The molecule has 63 heavy (non-hydrogen) atoms. The monoisotopic (exact) mass is 820 g/mol. The van der Waals surface area contributed by atoms with Crippen molar-refractivity contribution in [2.45, 2.75) is 0 Å². The molecule has 0 saturated carbocycles. The molecular formula is C57H32N4OS. The molecule has 0 amide bonds. The van der Waals surface area contributed by atoms with E-state index < -0.39 is 0 Å². The maximum absolute atomic E-state index is 6.41. The summed E-state index contributed by atoms with van der Waals surface area (Å²) >= 11 is 1.85. The molecular weight excluding hydrogens is 789 g/mol. The van der Waals surface area contributed by atoms with Crippen LogP contribution in [0.15, 0.2) is 199 Å². The minimum absolute atomic E-state index is 0.546. The summed E-state index contributed by atoms with van der Waals surface area (Å²) in [5.74, 6) is 1.71. The van der Waals surface area contributed by atoms with Gasteiger partial charge < -0.3 is 4.42 Å². The van der Waals surface area contributed by atoms with Gasteiger partial charge in [0.1, 0.15) is 11.2 Å². The maximum atomic E-state index is 6.41. The highest BCUT2D eigenvalue weighted by Crippen LogP contribution is 2.44. The van der Waals surface area contributed by atoms with Crippen LogP contribution in [0.3, 0.4) is 0 Å². The molecule has 0 spiro atoms. The lowest BCUT2D eigenvalue weighted by Crippen LogP contribution is -2.07. The predicted octanol–water partition coefficient (Wildman–Crippen LogP) is 15.7. The topological polar surface area (TPSA) is 56.7 Å². The zero-order chi connectivity index (χ0) is 41.2. The first kappa shape index (κ1) is 34.5. The zero-order valence-corrected chi connectivity index (χ0v) is 34.4. The molecule has 0 radical (unpaired) electrons. The summed E-state index contributed by atoms with van der Waals surface area (Å²) < 4.78 is 11.3. The van der Waals surface area contributed by atoms with Crippen LogP contribution in [0.4, 0.5) is 0 Å². The van der Waals surface area contributed by atoms with Crippen molar-refractivity contribution in [2.24, 2.45) is 0 Å². The summed E-state index contributed by atoms with van der Waals surface area (Å²) in [6, 6.07) is 69.2. The van der Waals surface area contributed by atoms with Gasteiger partial charge in [-0.2, -0.15) is 9.97 Å². The highest BCUT2D eigenvalue weighted by atomic mass is 32.1. The van der Waals surface area contributed by atoms with Gasteiger partial charge >= 0.3 is 0 Å². The van der Waals surface area contributed by atoms with Crippen LogP contribution in [-0.4, -0.2) is 19.5 Å². The second kappa shape index (κ2) is 13.2. The predicted molar refractivity (Wildman–Crippen MR) is 263 cm³/mol. The number of nitrogens with zero attached hydrogens (tertiary/aromatic N) is 4. The van der Waals surface area contributed by atoms with Gasteiger partial charge in [0, 0.05) is 63.8 Å². The normalized spacial score (nSPS) is 12.1. The van der Waals surface area contributed by atoms with Crippen LogP contribution >= 0.6 is 11.3 Å². The van der Waals surface area contributed by atoms with Crippen molar-refractivity contribution in [3.63, 3.8) is 0 Å². The Morgan fingerprint density at radius 1 is 0.365 bits per heavy atom. The highest BCUT2D eigenvalue weighted by Gasteiger charge is 2.23. The fourth-order valence-electron chi connectivity index (χ4n) is 9.89. The Labute approximate surface area is 363 Å². The van der Waals surface area contributed by atoms with Crippen molar-refractivity contribution in [1.29, 1.82) is 0 Å². The molecule has 14 aromatic rings. The standard InChI is InChI=1S/C57H32N4OS/c1-2-13-36-30-38(21-20-33(36)10-1)55-58-56(39-23-26-44-43-16-7-8-19-48(43)62-49(44)32-39)60-57(59-55)61-53-41-15-6-4-12-35(41)22-27-46(53)45-18-9-17-42(54(45)61)37-25-28-50-47(31-37)52-40-14-5-3-11-34(40)24-29-51(52)63-50/h1-32H. The average molecular weight is 821 g/mol. The summed E-state index contributed by atoms with van der Waals surface area (Å²) in [7, 11) is 0. The van der Waals surface area contributed by atoms with Crippen molar-refractivity contribution in [3.8, 4) is 39.9 Å². The van der Waals surface area contributed by atoms with Crippen LogP contribution in [-0.2, 0) is 0 Å². The molecule has 0 fully saturated rings. The molecule has 0 saturated heterocycles. The first-order chi connectivity index (χ1) is 31.2. The third kappa shape index (κ3) is 5.19. The molecule has 292 valence electrons. The smallest absolute Gasteiger partial charge is 0.238 e. The first-order valence-electron chi connectivity index (χ1n) is 21.2. The Kier molecular flexibility index (Phi) is 7.21. The second-order valence-electron chi connectivity index (χ2n) is 16.3. The van der Waals surface area contributed by atoms with E-state index in [4.69, 9.17) is 19.4 Å². The summed E-state index contributed by atoms with van der Waals surface area (Å²) in [4.78, 5) is 16.2. The van der Waals surface area contributed by atoms with Crippen LogP contribution in [0.5, 0.6) is 0 Å². The fourth-order valence-corrected chi connectivity index (χ4v) is 11.0. The SMILES string of the molecule is c1ccc2cc(-c3nc(-c4ccc5c(c4)oc4ccccc45)nc(-n4c5c(-c6ccc7sc8ccc9ccccc9c8c7c6)cccc5c5ccc6ccccc6c54)n3)ccc2c1. The van der Waals surface area contributed by atoms with Crippen LogP contribution in [0.1, 0.15) is 0 Å². The van der Waals surface area contributed by atoms with E-state index in [0.29, 0.717) is 17.6 Å². The summed E-state index contributed by atoms with van der Waals surface area (Å²) in [6.45, 7) is 0. The lowest BCUT2D eigenvalue weighted by molar-refractivity contribution is 0.669. The summed E-state index contributed by atoms with van der Waals surface area (Å²) in [6.07, 6.45) is 0. The van der Waals surface area contributed by atoms with Crippen molar-refractivity contribution in [1.82, 2.24) is 19.5 Å². The number of aromatic nitrogens is 4. The van der Waals surface area contributed by atoms with E-state index in [1.807, 2.05) is 29.5 Å². The van der Waals surface area contributed by atoms with Crippen molar-refractivity contribution in [3.05, 3.63) is 194 Å². The zero-order valence-electron chi connectivity index (χ0n) is 33.6. The van der Waals surface area contributed by atoms with Gasteiger partial charge in [0.15, 0.2) is 11.6 Å². The largest absolute Gasteiger partial charge is 0.456 e. The van der Waals surface area contributed by atoms with Gasteiger partial charge in [-0.1, -0.05) is 152 Å². The highest BCUT2D eigenvalue weighted by molar-refractivity contribution is 7.26. The molecule has 0 aliphatic heterocycles. The third-order valence-corrected chi connectivity index (χ3v) is 13.9. The number of hydrogen-bond donors (Lipinski definition) is 0. The Hall–Kier alpha value is -8.19. The first-order valence-corrected chi connectivity index (χ1v) is 22.0. The molecule has 5 nitrogen and oxygen atoms in total. The molecule has 0 atom stereocenters. The van der Waals surface area contributed by atoms with Crippen molar-refractivity contribution < 1.29 is 4.42 Å². The molecule has 14 rings (SSSR count). The van der Waals surface area contributed by atoms with E-state index in [9.17, 15) is 0 Å². The molecule has 0 aliphatic carbocycles. The number of rotatable bonds is 4. The van der Waals surface area contributed by atoms with Crippen molar-refractivity contribution >= 4 is 108 Å². The minimum Gasteiger partial charge on any atom is -0.456 e. The lowest BCUT2D eigenvalue weighted by atomic mass is 9.98. The minimum atomic E-state index is 0.546. The van der Waals surface area contributed by atoms with Crippen LogP contribution in [0.25, 0.3) is 136 Å². The molecule has 0 bridgehead atoms. The number of benzene rings is 10. The Bertz CT molecular complexity index is 4230. The van der Waals surface area contributed by atoms with E-state index >= 15 is 0 Å². The fraction of sp³-hybridized carbons (Fsp3) is 0. The van der Waals surface area contributed by atoms with Gasteiger partial charge in [-0.05, 0) is 75.0 Å². The van der Waals surface area contributed by atoms with Crippen LogP contribution < -0.4 is 0 Å².